The first-order valence-corrected chi connectivity index (χ1v) is 10.6. The van der Waals surface area contributed by atoms with Gasteiger partial charge in [-0.1, -0.05) is 11.6 Å². The van der Waals surface area contributed by atoms with Crippen molar-refractivity contribution in [2.24, 2.45) is 5.10 Å². The molecule has 0 atom stereocenters. The Morgan fingerprint density at radius 1 is 1.09 bits per heavy atom. The highest BCUT2D eigenvalue weighted by molar-refractivity contribution is 6.31. The number of nitrogens with zero attached hydrogens (tertiary/aromatic N) is 2. The van der Waals surface area contributed by atoms with Crippen molar-refractivity contribution in [2.45, 2.75) is 20.8 Å². The molecule has 4 aromatic rings. The number of rotatable bonds is 5. The third kappa shape index (κ3) is 4.40. The van der Waals surface area contributed by atoms with Crippen molar-refractivity contribution < 1.29 is 18.7 Å². The number of nitrogens with one attached hydrogen (secondary N) is 1. The summed E-state index contributed by atoms with van der Waals surface area (Å²) in [7, 11) is 1.36. The van der Waals surface area contributed by atoms with E-state index in [9.17, 15) is 9.59 Å². The monoisotopic (exact) mass is 463 g/mol. The van der Waals surface area contributed by atoms with Gasteiger partial charge in [0.2, 0.25) is 0 Å². The zero-order valence-electron chi connectivity index (χ0n) is 18.6. The van der Waals surface area contributed by atoms with Gasteiger partial charge in [-0.25, -0.2) is 10.2 Å². The number of fused-ring (bicyclic) bond motifs is 1. The van der Waals surface area contributed by atoms with Crippen LogP contribution in [0.15, 0.2) is 58.0 Å². The summed E-state index contributed by atoms with van der Waals surface area (Å²) in [6, 6.07) is 14.2. The number of halogens is 1. The molecule has 4 rings (SSSR count). The standard InChI is InChI=1S/C25H22ClN3O4/c1-14-9-17(25(31)32-4)5-7-21(14)29-15(2)10-19(16(29)3)13-27-28-24(30)23-12-18-11-20(26)6-8-22(18)33-23/h5-13H,1-4H3,(H,28,30)/b27-13+. The summed E-state index contributed by atoms with van der Waals surface area (Å²) in [6.07, 6.45) is 1.59. The molecule has 2 heterocycles. The molecule has 1 amide bonds. The number of benzene rings is 2. The minimum Gasteiger partial charge on any atom is -0.465 e. The second kappa shape index (κ2) is 8.96. The van der Waals surface area contributed by atoms with Crippen LogP contribution in [0.1, 0.15) is 43.4 Å². The molecular weight excluding hydrogens is 442 g/mol. The van der Waals surface area contributed by atoms with Crippen molar-refractivity contribution >= 4 is 40.7 Å². The Morgan fingerprint density at radius 3 is 2.61 bits per heavy atom. The van der Waals surface area contributed by atoms with Gasteiger partial charge in [0.25, 0.3) is 0 Å². The molecule has 1 N–H and O–H groups in total. The van der Waals surface area contributed by atoms with E-state index in [0.717, 1.165) is 33.6 Å². The number of hydrogen-bond acceptors (Lipinski definition) is 5. The quantitative estimate of drug-likeness (QED) is 0.245. The van der Waals surface area contributed by atoms with Crippen LogP contribution in [0.2, 0.25) is 5.02 Å². The molecule has 0 bridgehead atoms. The number of esters is 1. The lowest BCUT2D eigenvalue weighted by Crippen LogP contribution is -2.16. The Morgan fingerprint density at radius 2 is 1.88 bits per heavy atom. The fourth-order valence-corrected chi connectivity index (χ4v) is 3.96. The molecule has 0 fully saturated rings. The van der Waals surface area contributed by atoms with Gasteiger partial charge in [-0.2, -0.15) is 5.10 Å². The summed E-state index contributed by atoms with van der Waals surface area (Å²) in [4.78, 5) is 24.2. The van der Waals surface area contributed by atoms with Crippen molar-refractivity contribution in [2.75, 3.05) is 7.11 Å². The zero-order valence-corrected chi connectivity index (χ0v) is 19.4. The van der Waals surface area contributed by atoms with Crippen LogP contribution in [0.4, 0.5) is 0 Å². The fraction of sp³-hybridized carbons (Fsp3) is 0.160. The number of hydrogen-bond donors (Lipinski definition) is 1. The Bertz CT molecular complexity index is 1410. The van der Waals surface area contributed by atoms with E-state index in [-0.39, 0.29) is 11.7 Å². The van der Waals surface area contributed by atoms with Gasteiger partial charge in [0.05, 0.1) is 18.9 Å². The molecule has 0 aliphatic heterocycles. The van der Waals surface area contributed by atoms with Crippen LogP contribution in [-0.4, -0.2) is 29.8 Å². The summed E-state index contributed by atoms with van der Waals surface area (Å²) >= 11 is 5.98. The first-order chi connectivity index (χ1) is 15.8. The normalized spacial score (nSPS) is 11.3. The lowest BCUT2D eigenvalue weighted by molar-refractivity contribution is 0.0600. The van der Waals surface area contributed by atoms with Gasteiger partial charge in [0, 0.05) is 33.0 Å². The number of methoxy groups -OCH3 is 1. The van der Waals surface area contributed by atoms with Gasteiger partial charge in [-0.3, -0.25) is 4.79 Å². The summed E-state index contributed by atoms with van der Waals surface area (Å²) in [5.74, 6) is -0.681. The molecule has 0 saturated carbocycles. The molecule has 0 saturated heterocycles. The molecule has 168 valence electrons. The molecule has 0 aliphatic carbocycles. The van der Waals surface area contributed by atoms with Gasteiger partial charge in [0.1, 0.15) is 5.58 Å². The number of furan rings is 1. The molecular formula is C25H22ClN3O4. The van der Waals surface area contributed by atoms with Crippen molar-refractivity contribution in [1.29, 1.82) is 0 Å². The molecule has 0 unspecified atom stereocenters. The van der Waals surface area contributed by atoms with Crippen LogP contribution in [0.25, 0.3) is 16.7 Å². The molecule has 2 aromatic carbocycles. The SMILES string of the molecule is COC(=O)c1ccc(-n2c(C)cc(/C=N/NC(=O)c3cc4cc(Cl)ccc4o3)c2C)c(C)c1. The van der Waals surface area contributed by atoms with Gasteiger partial charge < -0.3 is 13.7 Å². The maximum atomic E-state index is 12.4. The number of aromatic nitrogens is 1. The van der Waals surface area contributed by atoms with Crippen molar-refractivity contribution in [3.05, 3.63) is 87.4 Å². The van der Waals surface area contributed by atoms with Crippen molar-refractivity contribution in [1.82, 2.24) is 9.99 Å². The minimum absolute atomic E-state index is 0.149. The van der Waals surface area contributed by atoms with Crippen LogP contribution in [-0.2, 0) is 4.74 Å². The zero-order chi connectivity index (χ0) is 23.7. The molecule has 2 aromatic heterocycles. The average Bonchev–Trinajstić information content (AvgIpc) is 3.33. The van der Waals surface area contributed by atoms with Crippen LogP contribution in [0.5, 0.6) is 0 Å². The molecule has 0 radical (unpaired) electrons. The number of aryl methyl sites for hydroxylation is 2. The fourth-order valence-electron chi connectivity index (χ4n) is 3.78. The molecule has 7 nitrogen and oxygen atoms in total. The number of carbonyl (C=O) groups is 2. The Balaban J connectivity index is 1.54. The van der Waals surface area contributed by atoms with Gasteiger partial charge in [-0.15, -0.1) is 0 Å². The molecule has 0 spiro atoms. The van der Waals surface area contributed by atoms with E-state index in [1.54, 1.807) is 42.6 Å². The summed E-state index contributed by atoms with van der Waals surface area (Å²) in [5.41, 5.74) is 8.23. The maximum Gasteiger partial charge on any atom is 0.337 e. The molecule has 33 heavy (non-hydrogen) atoms. The van der Waals surface area contributed by atoms with Gasteiger partial charge in [0.15, 0.2) is 5.76 Å². The second-order valence-corrected chi connectivity index (χ2v) is 8.08. The Labute approximate surface area is 195 Å². The van der Waals surface area contributed by atoms with E-state index < -0.39 is 5.91 Å². The summed E-state index contributed by atoms with van der Waals surface area (Å²) < 4.78 is 12.4. The molecule has 0 aliphatic rings. The Hall–Kier alpha value is -3.84. The topological polar surface area (TPSA) is 85.8 Å². The summed E-state index contributed by atoms with van der Waals surface area (Å²) in [5, 5.41) is 5.41. The van der Waals surface area contributed by atoms with E-state index in [1.165, 1.54) is 7.11 Å². The highest BCUT2D eigenvalue weighted by atomic mass is 35.5. The number of ether oxygens (including phenoxy) is 1. The lowest BCUT2D eigenvalue weighted by Gasteiger charge is -2.13. The number of carbonyl (C=O) groups excluding carboxylic acids is 2. The van der Waals surface area contributed by atoms with Crippen LogP contribution < -0.4 is 5.43 Å². The third-order valence-corrected chi connectivity index (χ3v) is 5.64. The van der Waals surface area contributed by atoms with E-state index >= 15 is 0 Å². The highest BCUT2D eigenvalue weighted by Gasteiger charge is 2.15. The van der Waals surface area contributed by atoms with Crippen LogP contribution >= 0.6 is 11.6 Å². The first-order valence-electron chi connectivity index (χ1n) is 10.2. The van der Waals surface area contributed by atoms with Gasteiger partial charge in [-0.05, 0) is 74.9 Å². The highest BCUT2D eigenvalue weighted by Crippen LogP contribution is 2.24. The van der Waals surface area contributed by atoms with Gasteiger partial charge >= 0.3 is 11.9 Å². The predicted molar refractivity (Wildman–Crippen MR) is 128 cm³/mol. The van der Waals surface area contributed by atoms with Crippen LogP contribution in [0, 0.1) is 20.8 Å². The van der Waals surface area contributed by atoms with Crippen molar-refractivity contribution in [3.8, 4) is 5.69 Å². The first kappa shape index (κ1) is 22.4. The maximum absolute atomic E-state index is 12.4. The average molecular weight is 464 g/mol. The van der Waals surface area contributed by atoms with E-state index in [1.807, 2.05) is 32.9 Å². The van der Waals surface area contributed by atoms with E-state index in [0.29, 0.717) is 16.2 Å². The smallest absolute Gasteiger partial charge is 0.337 e. The van der Waals surface area contributed by atoms with E-state index in [4.69, 9.17) is 20.8 Å². The largest absolute Gasteiger partial charge is 0.465 e. The Kier molecular flexibility index (Phi) is 6.07. The third-order valence-electron chi connectivity index (χ3n) is 5.40. The van der Waals surface area contributed by atoms with E-state index in [2.05, 4.69) is 15.1 Å². The molecule has 8 heteroatoms. The second-order valence-electron chi connectivity index (χ2n) is 7.65. The predicted octanol–water partition coefficient (Wildman–Crippen LogP) is 5.35. The van der Waals surface area contributed by atoms with Crippen molar-refractivity contribution in [3.63, 3.8) is 0 Å². The number of amides is 1. The minimum atomic E-state index is -0.457. The van der Waals surface area contributed by atoms with Crippen LogP contribution in [0.3, 0.4) is 0 Å². The number of hydrazone groups is 1. The summed E-state index contributed by atoms with van der Waals surface area (Å²) in [6.45, 7) is 5.89. The lowest BCUT2D eigenvalue weighted by atomic mass is 10.1.